The van der Waals surface area contributed by atoms with Gasteiger partial charge in [0.15, 0.2) is 0 Å². The first kappa shape index (κ1) is 12.9. The lowest BCUT2D eigenvalue weighted by atomic mass is 10.2. The number of methoxy groups -OCH3 is 1. The second kappa shape index (κ2) is 5.88. The van der Waals surface area contributed by atoms with Crippen LogP contribution in [-0.4, -0.2) is 40.3 Å². The minimum absolute atomic E-state index is 0.159. The number of hydrogen-bond acceptors (Lipinski definition) is 5. The number of carbonyl (C=O) groups is 1. The van der Waals surface area contributed by atoms with Crippen LogP contribution in [0.4, 0.5) is 0 Å². The summed E-state index contributed by atoms with van der Waals surface area (Å²) in [6, 6.07) is 0.367. The lowest BCUT2D eigenvalue weighted by Crippen LogP contribution is -2.28. The predicted octanol–water partition coefficient (Wildman–Crippen LogP) is 0.832. The van der Waals surface area contributed by atoms with Gasteiger partial charge in [0.05, 0.1) is 11.8 Å². The second-order valence-electron chi connectivity index (χ2n) is 4.44. The molecule has 1 saturated carbocycles. The standard InChI is InChI=1S/C12H17N3O3/c1-18-9-3-2-8(4-9)14-6-11-10(12(16)17)5-13-7-15-11/h5,7-9,14H,2-4,6H2,1H3,(H,16,17). The highest BCUT2D eigenvalue weighted by Crippen LogP contribution is 2.21. The van der Waals surface area contributed by atoms with Gasteiger partial charge in [0.2, 0.25) is 0 Å². The smallest absolute Gasteiger partial charge is 0.339 e. The SMILES string of the molecule is COC1CCC(NCc2ncncc2C(=O)O)C1. The van der Waals surface area contributed by atoms with Gasteiger partial charge in [-0.05, 0) is 19.3 Å². The summed E-state index contributed by atoms with van der Waals surface area (Å²) in [5.41, 5.74) is 0.685. The Kier molecular flexibility index (Phi) is 4.22. The number of nitrogens with one attached hydrogen (secondary N) is 1. The van der Waals surface area contributed by atoms with E-state index in [1.54, 1.807) is 7.11 Å². The molecule has 0 aromatic carbocycles. The zero-order valence-corrected chi connectivity index (χ0v) is 10.3. The zero-order chi connectivity index (χ0) is 13.0. The number of hydrogen-bond donors (Lipinski definition) is 2. The summed E-state index contributed by atoms with van der Waals surface area (Å²) in [5.74, 6) is -0.992. The van der Waals surface area contributed by atoms with Crippen molar-refractivity contribution in [1.29, 1.82) is 0 Å². The van der Waals surface area contributed by atoms with Crippen LogP contribution >= 0.6 is 0 Å². The molecule has 1 aliphatic carbocycles. The Morgan fingerprint density at radius 3 is 3.11 bits per heavy atom. The molecule has 2 atom stereocenters. The van der Waals surface area contributed by atoms with E-state index in [-0.39, 0.29) is 5.56 Å². The van der Waals surface area contributed by atoms with Gasteiger partial charge >= 0.3 is 5.97 Å². The minimum Gasteiger partial charge on any atom is -0.478 e. The fourth-order valence-corrected chi connectivity index (χ4v) is 2.26. The normalized spacial score (nSPS) is 23.2. The Morgan fingerprint density at radius 2 is 2.44 bits per heavy atom. The van der Waals surface area contributed by atoms with E-state index < -0.39 is 5.97 Å². The van der Waals surface area contributed by atoms with Crippen LogP contribution in [-0.2, 0) is 11.3 Å². The summed E-state index contributed by atoms with van der Waals surface area (Å²) in [5, 5.41) is 12.3. The number of carboxylic acid groups (broad SMARTS) is 1. The number of nitrogens with zero attached hydrogens (tertiary/aromatic N) is 2. The summed E-state index contributed by atoms with van der Waals surface area (Å²) < 4.78 is 5.30. The van der Waals surface area contributed by atoms with Crippen molar-refractivity contribution in [2.24, 2.45) is 0 Å². The number of carboxylic acids is 1. The van der Waals surface area contributed by atoms with Gasteiger partial charge in [0.1, 0.15) is 11.9 Å². The highest BCUT2D eigenvalue weighted by atomic mass is 16.5. The predicted molar refractivity (Wildman–Crippen MR) is 64.3 cm³/mol. The van der Waals surface area contributed by atoms with Crippen LogP contribution in [0.5, 0.6) is 0 Å². The van der Waals surface area contributed by atoms with E-state index >= 15 is 0 Å². The van der Waals surface area contributed by atoms with E-state index in [9.17, 15) is 4.79 Å². The maximum atomic E-state index is 11.0. The Labute approximate surface area is 105 Å². The lowest BCUT2D eigenvalue weighted by molar-refractivity contribution is 0.0694. The van der Waals surface area contributed by atoms with E-state index in [1.165, 1.54) is 12.5 Å². The maximum absolute atomic E-state index is 11.0. The summed E-state index contributed by atoms with van der Waals surface area (Å²) in [7, 11) is 1.72. The van der Waals surface area contributed by atoms with Crippen molar-refractivity contribution in [3.63, 3.8) is 0 Å². The Hall–Kier alpha value is -1.53. The zero-order valence-electron chi connectivity index (χ0n) is 10.3. The van der Waals surface area contributed by atoms with Crippen LogP contribution in [0.3, 0.4) is 0 Å². The summed E-state index contributed by atoms with van der Waals surface area (Å²) in [4.78, 5) is 18.7. The van der Waals surface area contributed by atoms with Crippen molar-refractivity contribution in [3.8, 4) is 0 Å². The molecule has 1 aliphatic rings. The monoisotopic (exact) mass is 251 g/mol. The molecule has 0 amide bonds. The molecule has 0 spiro atoms. The number of ether oxygens (including phenoxy) is 1. The van der Waals surface area contributed by atoms with Gasteiger partial charge in [0, 0.05) is 25.9 Å². The van der Waals surface area contributed by atoms with Gasteiger partial charge in [-0.3, -0.25) is 0 Å². The summed E-state index contributed by atoms with van der Waals surface area (Å²) in [6.45, 7) is 0.450. The molecule has 1 aromatic rings. The molecule has 98 valence electrons. The first-order chi connectivity index (χ1) is 8.70. The molecule has 0 aliphatic heterocycles. The average Bonchev–Trinajstić information content (AvgIpc) is 2.84. The molecule has 1 aromatic heterocycles. The van der Waals surface area contributed by atoms with Crippen molar-refractivity contribution in [2.45, 2.75) is 38.0 Å². The lowest BCUT2D eigenvalue weighted by Gasteiger charge is -2.13. The molecule has 0 radical (unpaired) electrons. The van der Waals surface area contributed by atoms with E-state index in [1.807, 2.05) is 0 Å². The highest BCUT2D eigenvalue weighted by molar-refractivity contribution is 5.88. The van der Waals surface area contributed by atoms with Crippen molar-refractivity contribution >= 4 is 5.97 Å². The van der Waals surface area contributed by atoms with Gasteiger partial charge in [-0.1, -0.05) is 0 Å². The third-order valence-electron chi connectivity index (χ3n) is 3.30. The van der Waals surface area contributed by atoms with Crippen LogP contribution in [0.15, 0.2) is 12.5 Å². The number of rotatable bonds is 5. The molecule has 6 heteroatoms. The van der Waals surface area contributed by atoms with Gasteiger partial charge < -0.3 is 15.2 Å². The molecular weight excluding hydrogens is 234 g/mol. The van der Waals surface area contributed by atoms with Gasteiger partial charge in [-0.25, -0.2) is 14.8 Å². The molecule has 2 N–H and O–H groups in total. The molecule has 1 heterocycles. The summed E-state index contributed by atoms with van der Waals surface area (Å²) in [6.07, 6.45) is 6.07. The number of aromatic carboxylic acids is 1. The van der Waals surface area contributed by atoms with Gasteiger partial charge in [-0.2, -0.15) is 0 Å². The van der Waals surface area contributed by atoms with E-state index in [0.29, 0.717) is 24.4 Å². The summed E-state index contributed by atoms with van der Waals surface area (Å²) >= 11 is 0. The first-order valence-corrected chi connectivity index (χ1v) is 5.99. The first-order valence-electron chi connectivity index (χ1n) is 5.99. The largest absolute Gasteiger partial charge is 0.478 e. The molecule has 2 rings (SSSR count). The fourth-order valence-electron chi connectivity index (χ4n) is 2.26. The van der Waals surface area contributed by atoms with Crippen LogP contribution in [0.1, 0.15) is 35.3 Å². The van der Waals surface area contributed by atoms with Crippen molar-refractivity contribution in [3.05, 3.63) is 23.8 Å². The van der Waals surface area contributed by atoms with Crippen molar-refractivity contribution in [1.82, 2.24) is 15.3 Å². The Morgan fingerprint density at radius 1 is 1.61 bits per heavy atom. The highest BCUT2D eigenvalue weighted by Gasteiger charge is 2.24. The average molecular weight is 251 g/mol. The molecule has 18 heavy (non-hydrogen) atoms. The quantitative estimate of drug-likeness (QED) is 0.806. The van der Waals surface area contributed by atoms with Gasteiger partial charge in [-0.15, -0.1) is 0 Å². The molecule has 2 unspecified atom stereocenters. The third-order valence-corrected chi connectivity index (χ3v) is 3.30. The van der Waals surface area contributed by atoms with E-state index in [0.717, 1.165) is 19.3 Å². The van der Waals surface area contributed by atoms with Crippen LogP contribution in [0.2, 0.25) is 0 Å². The fraction of sp³-hybridized carbons (Fsp3) is 0.583. The molecule has 0 bridgehead atoms. The van der Waals surface area contributed by atoms with Crippen LogP contribution < -0.4 is 5.32 Å². The van der Waals surface area contributed by atoms with E-state index in [4.69, 9.17) is 9.84 Å². The second-order valence-corrected chi connectivity index (χ2v) is 4.44. The Bertz CT molecular complexity index is 425. The van der Waals surface area contributed by atoms with Crippen molar-refractivity contribution in [2.75, 3.05) is 7.11 Å². The van der Waals surface area contributed by atoms with Crippen LogP contribution in [0.25, 0.3) is 0 Å². The molecule has 1 fully saturated rings. The van der Waals surface area contributed by atoms with Gasteiger partial charge in [0.25, 0.3) is 0 Å². The van der Waals surface area contributed by atoms with Crippen LogP contribution in [0, 0.1) is 0 Å². The third kappa shape index (κ3) is 3.02. The van der Waals surface area contributed by atoms with Crippen molar-refractivity contribution < 1.29 is 14.6 Å². The molecule has 0 saturated heterocycles. The maximum Gasteiger partial charge on any atom is 0.339 e. The topological polar surface area (TPSA) is 84.3 Å². The van der Waals surface area contributed by atoms with E-state index in [2.05, 4.69) is 15.3 Å². The Balaban J connectivity index is 1.92. The molecular formula is C12H17N3O3. The minimum atomic E-state index is -0.992. The number of aromatic nitrogens is 2. The molecule has 6 nitrogen and oxygen atoms in total.